The van der Waals surface area contributed by atoms with Crippen LogP contribution < -0.4 is 0 Å². The van der Waals surface area contributed by atoms with Crippen LogP contribution >= 0.6 is 0 Å². The monoisotopic (exact) mass is 318 g/mol. The largest absolute Gasteiger partial charge is 0.416 e. The molecule has 2 atom stereocenters. The first-order valence-electron chi connectivity index (χ1n) is 8.44. The normalized spacial score (nSPS) is 23.6. The number of hydrogen-bond donors (Lipinski definition) is 0. The average molecular weight is 319 g/mol. The summed E-state index contributed by atoms with van der Waals surface area (Å²) in [5.41, 5.74) is 1.29. The fraction of sp³-hybridized carbons (Fsp3) is 0.632. The summed E-state index contributed by atoms with van der Waals surface area (Å²) in [6.07, 6.45) is 2.82. The second kappa shape index (κ2) is 6.67. The van der Waals surface area contributed by atoms with Gasteiger partial charge in [-0.1, -0.05) is 51.1 Å². The van der Waals surface area contributed by atoms with Crippen LogP contribution in [-0.4, -0.2) is 20.7 Å². The third-order valence-electron chi connectivity index (χ3n) is 5.50. The predicted molar refractivity (Wildman–Crippen MR) is 94.7 cm³/mol. The lowest BCUT2D eigenvalue weighted by molar-refractivity contribution is -0.126. The molecule has 1 aliphatic rings. The second-order valence-electron chi connectivity index (χ2n) is 8.05. The van der Waals surface area contributed by atoms with Gasteiger partial charge in [0.2, 0.25) is 0 Å². The van der Waals surface area contributed by atoms with Gasteiger partial charge < -0.3 is 4.43 Å². The van der Waals surface area contributed by atoms with Crippen LogP contribution in [0, 0.1) is 5.92 Å². The summed E-state index contributed by atoms with van der Waals surface area (Å²) in [6.45, 7) is 11.9. The molecule has 0 saturated heterocycles. The Morgan fingerprint density at radius 1 is 1.18 bits per heavy atom. The van der Waals surface area contributed by atoms with E-state index in [1.54, 1.807) is 0 Å². The third kappa shape index (κ3) is 3.88. The molecule has 0 N–H and O–H groups in total. The second-order valence-corrected chi connectivity index (χ2v) is 12.9. The summed E-state index contributed by atoms with van der Waals surface area (Å²) in [5.74, 6) is 0.747. The SMILES string of the molecule is CC(C)(C)[Si](C)(C)OC[C@H]1C(=O)CCC[C@H]1c1ccccc1. The van der Waals surface area contributed by atoms with Gasteiger partial charge in [0.1, 0.15) is 5.78 Å². The maximum Gasteiger partial charge on any atom is 0.192 e. The van der Waals surface area contributed by atoms with E-state index in [0.29, 0.717) is 18.3 Å². The molecule has 3 heteroatoms. The highest BCUT2D eigenvalue weighted by Gasteiger charge is 2.40. The van der Waals surface area contributed by atoms with Crippen molar-refractivity contribution in [2.45, 2.75) is 64.1 Å². The van der Waals surface area contributed by atoms with Crippen LogP contribution in [-0.2, 0) is 9.22 Å². The zero-order valence-corrected chi connectivity index (χ0v) is 15.7. The van der Waals surface area contributed by atoms with Gasteiger partial charge in [-0.2, -0.15) is 0 Å². The van der Waals surface area contributed by atoms with Gasteiger partial charge in [-0.25, -0.2) is 0 Å². The van der Waals surface area contributed by atoms with Crippen molar-refractivity contribution >= 4 is 14.1 Å². The van der Waals surface area contributed by atoms with Gasteiger partial charge in [-0.3, -0.25) is 4.79 Å². The van der Waals surface area contributed by atoms with Crippen molar-refractivity contribution in [3.63, 3.8) is 0 Å². The summed E-state index contributed by atoms with van der Waals surface area (Å²) in [6, 6.07) is 10.5. The first-order chi connectivity index (χ1) is 10.2. The minimum Gasteiger partial charge on any atom is -0.416 e. The first-order valence-corrected chi connectivity index (χ1v) is 11.3. The number of carbonyl (C=O) groups is 1. The van der Waals surface area contributed by atoms with Crippen LogP contribution in [0.15, 0.2) is 30.3 Å². The van der Waals surface area contributed by atoms with Crippen molar-refractivity contribution in [1.29, 1.82) is 0 Å². The van der Waals surface area contributed by atoms with Gasteiger partial charge in [0.15, 0.2) is 8.32 Å². The Morgan fingerprint density at radius 3 is 2.41 bits per heavy atom. The fourth-order valence-corrected chi connectivity index (χ4v) is 3.96. The van der Waals surface area contributed by atoms with Gasteiger partial charge in [-0.15, -0.1) is 0 Å². The molecule has 0 heterocycles. The minimum absolute atomic E-state index is 0.0327. The van der Waals surface area contributed by atoms with Gasteiger partial charge in [0.25, 0.3) is 0 Å². The van der Waals surface area contributed by atoms with E-state index < -0.39 is 8.32 Å². The molecule has 0 unspecified atom stereocenters. The van der Waals surface area contributed by atoms with Crippen molar-refractivity contribution in [2.75, 3.05) is 6.61 Å². The topological polar surface area (TPSA) is 26.3 Å². The Kier molecular flexibility index (Phi) is 5.28. The van der Waals surface area contributed by atoms with Gasteiger partial charge >= 0.3 is 0 Å². The highest BCUT2D eigenvalue weighted by molar-refractivity contribution is 6.74. The maximum atomic E-state index is 12.5. The molecule has 1 fully saturated rings. The number of Topliss-reactive ketones (excluding diaryl/α,β-unsaturated/α-hetero) is 1. The van der Waals surface area contributed by atoms with E-state index in [1.807, 2.05) is 6.07 Å². The van der Waals surface area contributed by atoms with Crippen LogP contribution in [0.5, 0.6) is 0 Å². The quantitative estimate of drug-likeness (QED) is 0.717. The number of benzene rings is 1. The molecule has 2 nitrogen and oxygen atoms in total. The van der Waals surface area contributed by atoms with Crippen LogP contribution in [0.4, 0.5) is 0 Å². The van der Waals surface area contributed by atoms with E-state index in [2.05, 4.69) is 58.1 Å². The Balaban J connectivity index is 2.13. The molecular weight excluding hydrogens is 288 g/mol. The summed E-state index contributed by atoms with van der Waals surface area (Å²) in [5, 5.41) is 0.187. The summed E-state index contributed by atoms with van der Waals surface area (Å²) < 4.78 is 6.37. The van der Waals surface area contributed by atoms with E-state index in [0.717, 1.165) is 19.3 Å². The Hall–Kier alpha value is -0.933. The smallest absolute Gasteiger partial charge is 0.192 e. The molecular formula is C19H30O2Si. The van der Waals surface area contributed by atoms with Crippen LogP contribution in [0.25, 0.3) is 0 Å². The highest BCUT2D eigenvalue weighted by Crippen LogP contribution is 2.40. The minimum atomic E-state index is -1.80. The van der Waals surface area contributed by atoms with Crippen molar-refractivity contribution in [1.82, 2.24) is 0 Å². The summed E-state index contributed by atoms with van der Waals surface area (Å²) in [4.78, 5) is 12.5. The zero-order chi connectivity index (χ0) is 16.4. The number of hydrogen-bond acceptors (Lipinski definition) is 2. The van der Waals surface area contributed by atoms with E-state index in [-0.39, 0.29) is 11.0 Å². The molecule has 0 aliphatic heterocycles. The third-order valence-corrected chi connectivity index (χ3v) is 10.00. The van der Waals surface area contributed by atoms with Crippen molar-refractivity contribution < 1.29 is 9.22 Å². The van der Waals surface area contributed by atoms with E-state index >= 15 is 0 Å². The standard InChI is InChI=1S/C19H30O2Si/c1-19(2,3)22(4,5)21-14-17-16(12-9-13-18(17)20)15-10-7-6-8-11-15/h6-8,10-11,16-17H,9,12-14H2,1-5H3/t16-,17+/m0/s1. The van der Waals surface area contributed by atoms with E-state index in [4.69, 9.17) is 4.43 Å². The fourth-order valence-electron chi connectivity index (χ4n) is 2.93. The molecule has 1 aromatic rings. The lowest BCUT2D eigenvalue weighted by Gasteiger charge is -2.39. The number of ketones is 1. The molecule has 2 rings (SSSR count). The molecule has 0 radical (unpaired) electrons. The van der Waals surface area contributed by atoms with Crippen molar-refractivity contribution in [3.05, 3.63) is 35.9 Å². The molecule has 0 bridgehead atoms. The Bertz CT molecular complexity index is 502. The number of rotatable bonds is 4. The molecule has 0 aromatic heterocycles. The van der Waals surface area contributed by atoms with Crippen molar-refractivity contribution in [3.8, 4) is 0 Å². The summed E-state index contributed by atoms with van der Waals surface area (Å²) in [7, 11) is -1.80. The average Bonchev–Trinajstić information content (AvgIpc) is 2.45. The van der Waals surface area contributed by atoms with Crippen LogP contribution in [0.1, 0.15) is 51.5 Å². The Morgan fingerprint density at radius 2 is 1.82 bits per heavy atom. The zero-order valence-electron chi connectivity index (χ0n) is 14.7. The predicted octanol–water partition coefficient (Wildman–Crippen LogP) is 5.16. The molecule has 122 valence electrons. The van der Waals surface area contributed by atoms with Crippen molar-refractivity contribution in [2.24, 2.45) is 5.92 Å². The lowest BCUT2D eigenvalue weighted by atomic mass is 9.75. The van der Waals surface area contributed by atoms with Crippen LogP contribution in [0.3, 0.4) is 0 Å². The maximum absolute atomic E-state index is 12.5. The summed E-state index contributed by atoms with van der Waals surface area (Å²) >= 11 is 0. The molecule has 22 heavy (non-hydrogen) atoms. The Labute approximate surface area is 136 Å². The van der Waals surface area contributed by atoms with Gasteiger partial charge in [-0.05, 0) is 42.5 Å². The number of carbonyl (C=O) groups excluding carboxylic acids is 1. The molecule has 1 aliphatic carbocycles. The lowest BCUT2D eigenvalue weighted by Crippen LogP contribution is -2.44. The van der Waals surface area contributed by atoms with Gasteiger partial charge in [0.05, 0.1) is 0 Å². The molecule has 0 amide bonds. The van der Waals surface area contributed by atoms with Crippen LogP contribution in [0.2, 0.25) is 18.1 Å². The van der Waals surface area contributed by atoms with E-state index in [9.17, 15) is 4.79 Å². The van der Waals surface area contributed by atoms with E-state index in [1.165, 1.54) is 5.56 Å². The molecule has 1 saturated carbocycles. The molecule has 1 aromatic carbocycles. The van der Waals surface area contributed by atoms with Gasteiger partial charge in [0, 0.05) is 18.9 Å². The molecule has 0 spiro atoms. The first kappa shape index (κ1) is 17.4. The highest BCUT2D eigenvalue weighted by atomic mass is 28.4.